The fourth-order valence-electron chi connectivity index (χ4n) is 7.01. The zero-order valence-electron chi connectivity index (χ0n) is 25.4. The molecule has 1 atom stereocenters. The zero-order valence-corrected chi connectivity index (χ0v) is 25.4. The summed E-state index contributed by atoms with van der Waals surface area (Å²) in [5, 5.41) is 3.48. The van der Waals surface area contributed by atoms with Gasteiger partial charge in [-0.15, -0.1) is 0 Å². The summed E-state index contributed by atoms with van der Waals surface area (Å²) < 4.78 is 40.3. The molecule has 234 valence electrons. The second kappa shape index (κ2) is 11.5. The summed E-state index contributed by atoms with van der Waals surface area (Å²) in [4.78, 5) is 33.8. The number of allylic oxidation sites excluding steroid dienone is 1. The Morgan fingerprint density at radius 3 is 2.44 bits per heavy atom. The van der Waals surface area contributed by atoms with Crippen LogP contribution in [-0.4, -0.2) is 61.0 Å². The van der Waals surface area contributed by atoms with Crippen molar-refractivity contribution in [3.05, 3.63) is 94.7 Å². The molecule has 3 heterocycles. The van der Waals surface area contributed by atoms with Crippen LogP contribution in [0.2, 0.25) is 0 Å². The number of ketones is 1. The van der Waals surface area contributed by atoms with Gasteiger partial charge >= 0.3 is 0 Å². The molecule has 7 rings (SSSR count). The van der Waals surface area contributed by atoms with Crippen LogP contribution >= 0.6 is 0 Å². The molecule has 4 aliphatic rings. The van der Waals surface area contributed by atoms with Gasteiger partial charge in [0.1, 0.15) is 11.6 Å². The van der Waals surface area contributed by atoms with E-state index in [2.05, 4.69) is 10.2 Å². The second-order valence-corrected chi connectivity index (χ2v) is 13.1. The Morgan fingerprint density at radius 1 is 0.933 bits per heavy atom. The van der Waals surface area contributed by atoms with Crippen LogP contribution in [0.1, 0.15) is 43.9 Å². The van der Waals surface area contributed by atoms with Gasteiger partial charge in [0.05, 0.1) is 24.0 Å². The van der Waals surface area contributed by atoms with E-state index < -0.39 is 17.7 Å². The average molecular weight is 615 g/mol. The molecular weight excluding hydrogens is 578 g/mol. The van der Waals surface area contributed by atoms with Gasteiger partial charge in [-0.1, -0.05) is 32.0 Å². The number of hydrogen-bond acceptors (Lipinski definition) is 7. The lowest BCUT2D eigenvalue weighted by atomic mass is 9.73. The van der Waals surface area contributed by atoms with Gasteiger partial charge in [-0.3, -0.25) is 14.5 Å². The van der Waals surface area contributed by atoms with Gasteiger partial charge in [-0.05, 0) is 59.4 Å². The van der Waals surface area contributed by atoms with Crippen molar-refractivity contribution < 1.29 is 27.8 Å². The molecule has 1 unspecified atom stereocenters. The second-order valence-electron chi connectivity index (χ2n) is 13.1. The molecule has 1 saturated heterocycles. The van der Waals surface area contributed by atoms with E-state index >= 15 is 0 Å². The molecule has 3 aromatic carbocycles. The summed E-state index contributed by atoms with van der Waals surface area (Å²) in [5.74, 6) is -0.162. The highest BCUT2D eigenvalue weighted by Gasteiger charge is 2.42. The van der Waals surface area contributed by atoms with Crippen LogP contribution in [0.15, 0.2) is 71.9 Å². The molecule has 0 spiro atoms. The van der Waals surface area contributed by atoms with E-state index in [1.807, 2.05) is 66.1 Å². The highest BCUT2D eigenvalue weighted by atomic mass is 19.1. The number of piperazine rings is 1. The summed E-state index contributed by atoms with van der Waals surface area (Å²) in [6.07, 6.45) is 0.884. The number of carbonyl (C=O) groups excluding carboxylic acids is 2. The largest absolute Gasteiger partial charge is 0.454 e. The highest BCUT2D eigenvalue weighted by molar-refractivity contribution is 6.02. The molecule has 0 radical (unpaired) electrons. The molecule has 0 bridgehead atoms. The van der Waals surface area contributed by atoms with E-state index in [0.29, 0.717) is 55.8 Å². The maximum atomic E-state index is 14.7. The first-order chi connectivity index (χ1) is 21.6. The molecule has 45 heavy (non-hydrogen) atoms. The quantitative estimate of drug-likeness (QED) is 0.398. The third-order valence-electron chi connectivity index (χ3n) is 9.08. The number of fused-ring (bicyclic) bond motifs is 2. The highest BCUT2D eigenvalue weighted by Crippen LogP contribution is 2.48. The van der Waals surface area contributed by atoms with Crippen molar-refractivity contribution in [1.82, 2.24) is 9.80 Å². The van der Waals surface area contributed by atoms with Crippen LogP contribution in [0.3, 0.4) is 0 Å². The number of Topliss-reactive ketones (excluding diaryl/α,β-unsaturated/α-hetero) is 1. The molecule has 8 nitrogen and oxygen atoms in total. The first-order valence-electron chi connectivity index (χ1n) is 15.4. The fraction of sp³-hybridized carbons (Fsp3) is 0.371. The number of rotatable bonds is 5. The maximum Gasteiger partial charge on any atom is 0.242 e. The van der Waals surface area contributed by atoms with Gasteiger partial charge in [-0.25, -0.2) is 8.78 Å². The summed E-state index contributed by atoms with van der Waals surface area (Å²) in [6.45, 7) is 7.45. The van der Waals surface area contributed by atoms with Crippen LogP contribution in [-0.2, 0) is 16.1 Å². The average Bonchev–Trinajstić information content (AvgIpc) is 3.41. The van der Waals surface area contributed by atoms with Gasteiger partial charge in [-0.2, -0.15) is 0 Å². The predicted molar refractivity (Wildman–Crippen MR) is 166 cm³/mol. The molecular formula is C35H36F2N4O4. The van der Waals surface area contributed by atoms with Gasteiger partial charge < -0.3 is 24.6 Å². The summed E-state index contributed by atoms with van der Waals surface area (Å²) in [7, 11) is 0. The van der Waals surface area contributed by atoms with E-state index in [-0.39, 0.29) is 30.4 Å². The van der Waals surface area contributed by atoms with Crippen LogP contribution in [0.4, 0.5) is 20.2 Å². The van der Waals surface area contributed by atoms with Crippen molar-refractivity contribution in [2.24, 2.45) is 5.41 Å². The molecule has 0 saturated carbocycles. The number of nitrogens with zero attached hydrogens (tertiary/aromatic N) is 3. The van der Waals surface area contributed by atoms with Gasteiger partial charge in [0.25, 0.3) is 0 Å². The number of amides is 1. The third kappa shape index (κ3) is 5.86. The molecule has 3 aliphatic heterocycles. The van der Waals surface area contributed by atoms with Gasteiger partial charge in [0, 0.05) is 56.5 Å². The van der Waals surface area contributed by atoms with E-state index in [4.69, 9.17) is 9.47 Å². The van der Waals surface area contributed by atoms with E-state index in [1.54, 1.807) is 0 Å². The number of hydrogen-bond donors (Lipinski definition) is 1. The van der Waals surface area contributed by atoms with Crippen LogP contribution in [0, 0.1) is 17.0 Å². The Morgan fingerprint density at radius 2 is 1.67 bits per heavy atom. The fourth-order valence-corrected chi connectivity index (χ4v) is 7.01. The van der Waals surface area contributed by atoms with Crippen molar-refractivity contribution in [1.29, 1.82) is 0 Å². The first kappa shape index (κ1) is 29.3. The van der Waals surface area contributed by atoms with Crippen LogP contribution in [0.5, 0.6) is 11.5 Å². The van der Waals surface area contributed by atoms with E-state index in [0.717, 1.165) is 41.1 Å². The number of carbonyl (C=O) groups is 2. The monoisotopic (exact) mass is 614 g/mol. The van der Waals surface area contributed by atoms with Crippen molar-refractivity contribution in [3.8, 4) is 11.5 Å². The number of halogens is 2. The minimum absolute atomic E-state index is 0.0584. The zero-order chi connectivity index (χ0) is 31.3. The van der Waals surface area contributed by atoms with Crippen molar-refractivity contribution >= 4 is 23.1 Å². The number of para-hydroxylation sites is 2. The van der Waals surface area contributed by atoms with Gasteiger partial charge in [0.15, 0.2) is 17.3 Å². The number of benzene rings is 3. The Hall–Kier alpha value is -4.44. The number of anilines is 2. The lowest BCUT2D eigenvalue weighted by molar-refractivity contribution is -0.131. The number of ether oxygens (including phenoxy) is 2. The lowest BCUT2D eigenvalue weighted by Crippen LogP contribution is -2.51. The third-order valence-corrected chi connectivity index (χ3v) is 9.08. The van der Waals surface area contributed by atoms with Crippen LogP contribution in [0.25, 0.3) is 0 Å². The van der Waals surface area contributed by atoms with E-state index in [9.17, 15) is 18.4 Å². The molecule has 1 aliphatic carbocycles. The Bertz CT molecular complexity index is 1680. The Balaban J connectivity index is 1.17. The number of nitrogens with one attached hydrogen (secondary N) is 1. The molecule has 3 aromatic rings. The molecule has 0 aromatic heterocycles. The van der Waals surface area contributed by atoms with Crippen molar-refractivity contribution in [2.45, 2.75) is 39.3 Å². The summed E-state index contributed by atoms with van der Waals surface area (Å²) >= 11 is 0. The topological polar surface area (TPSA) is 74.4 Å². The summed E-state index contributed by atoms with van der Waals surface area (Å²) in [5.41, 5.74) is 3.75. The van der Waals surface area contributed by atoms with E-state index in [1.165, 1.54) is 12.1 Å². The SMILES string of the molecule is CC1(C)CC(=O)C2=C(C1)Nc1ccccc1N(CC(=O)N1CCN(Cc3ccc4c(c3)OCO4)CC1)C2c1cc(F)cc(F)c1. The Kier molecular flexibility index (Phi) is 7.47. The minimum Gasteiger partial charge on any atom is -0.454 e. The predicted octanol–water partition coefficient (Wildman–Crippen LogP) is 5.65. The van der Waals surface area contributed by atoms with Gasteiger partial charge in [0.2, 0.25) is 12.7 Å². The molecule has 10 heteroatoms. The van der Waals surface area contributed by atoms with Crippen molar-refractivity contribution in [3.63, 3.8) is 0 Å². The standard InChI is InChI=1S/C35H36F2N4O4/c1-35(2)17-27-33(29(42)18-35)34(23-14-24(36)16-25(37)15-23)41(28-6-4-3-5-26(28)38-27)20-32(43)40-11-9-39(10-12-40)19-22-7-8-30-31(13-22)45-21-44-30/h3-8,13-16,34,38H,9-12,17-21H2,1-2H3. The normalized spacial score (nSPS) is 20.8. The Labute approximate surface area is 261 Å². The van der Waals surface area contributed by atoms with Crippen molar-refractivity contribution in [2.75, 3.05) is 49.7 Å². The smallest absolute Gasteiger partial charge is 0.242 e. The molecule has 1 amide bonds. The molecule has 1 fully saturated rings. The van der Waals surface area contributed by atoms with Crippen LogP contribution < -0.4 is 19.7 Å². The lowest BCUT2D eigenvalue weighted by Gasteiger charge is -2.40. The summed E-state index contributed by atoms with van der Waals surface area (Å²) in [6, 6.07) is 16.0. The first-order valence-corrected chi connectivity index (χ1v) is 15.4. The maximum absolute atomic E-state index is 14.7. The minimum atomic E-state index is -0.846. The molecule has 1 N–H and O–H groups in total.